The lowest BCUT2D eigenvalue weighted by molar-refractivity contribution is -0.138. The fourth-order valence-corrected chi connectivity index (χ4v) is 3.70. The highest BCUT2D eigenvalue weighted by molar-refractivity contribution is 6.48. The predicted molar refractivity (Wildman–Crippen MR) is 126 cm³/mol. The van der Waals surface area contributed by atoms with E-state index in [1.165, 1.54) is 0 Å². The van der Waals surface area contributed by atoms with Crippen LogP contribution in [0.25, 0.3) is 0 Å². The van der Waals surface area contributed by atoms with Crippen molar-refractivity contribution in [1.82, 2.24) is 4.90 Å². The maximum absolute atomic E-state index is 12.8. The number of carbonyl (C=O) groups is 3. The number of rotatable bonds is 6. The van der Waals surface area contributed by atoms with E-state index in [1.807, 2.05) is 56.3 Å². The van der Waals surface area contributed by atoms with E-state index in [9.17, 15) is 14.4 Å². The fraction of sp³-hybridized carbons (Fsp3) is 0.115. The third-order valence-electron chi connectivity index (χ3n) is 5.22. The van der Waals surface area contributed by atoms with Crippen molar-refractivity contribution in [3.05, 3.63) is 106 Å². The molecule has 0 radical (unpaired) electrons. The largest absolute Gasteiger partial charge is 0.423 e. The number of halogens is 1. The number of benzene rings is 3. The average Bonchev–Trinajstić information content (AvgIpc) is 3.00. The second-order valence-electron chi connectivity index (χ2n) is 7.73. The zero-order chi connectivity index (χ0) is 23.5. The summed E-state index contributed by atoms with van der Waals surface area (Å²) < 4.78 is 5.48. The lowest BCUT2D eigenvalue weighted by Crippen LogP contribution is -2.31. The minimum absolute atomic E-state index is 0.00297. The Kier molecular flexibility index (Phi) is 6.29. The summed E-state index contributed by atoms with van der Waals surface area (Å²) in [6.07, 6.45) is 0. The van der Waals surface area contributed by atoms with Crippen LogP contribution in [0, 0.1) is 13.8 Å². The van der Waals surface area contributed by atoms with Crippen LogP contribution in [0.15, 0.2) is 83.5 Å². The molecule has 1 aliphatic rings. The molecule has 7 heteroatoms. The van der Waals surface area contributed by atoms with Gasteiger partial charge in [-0.3, -0.25) is 14.5 Å². The zero-order valence-corrected chi connectivity index (χ0v) is 18.8. The van der Waals surface area contributed by atoms with Crippen LogP contribution in [-0.2, 0) is 16.1 Å². The van der Waals surface area contributed by atoms with E-state index in [0.717, 1.165) is 21.6 Å². The van der Waals surface area contributed by atoms with Gasteiger partial charge in [0.05, 0.1) is 12.1 Å². The zero-order valence-electron chi connectivity index (χ0n) is 18.1. The van der Waals surface area contributed by atoms with Crippen molar-refractivity contribution in [3.8, 4) is 5.75 Å². The van der Waals surface area contributed by atoms with E-state index >= 15 is 0 Å². The number of hydrogen-bond acceptors (Lipinski definition) is 5. The summed E-state index contributed by atoms with van der Waals surface area (Å²) in [5.41, 5.74) is 3.62. The first-order valence-electron chi connectivity index (χ1n) is 10.3. The van der Waals surface area contributed by atoms with Crippen LogP contribution < -0.4 is 10.1 Å². The number of nitrogens with one attached hydrogen (secondary N) is 1. The van der Waals surface area contributed by atoms with Crippen LogP contribution in [0.1, 0.15) is 27.0 Å². The molecule has 0 unspecified atom stereocenters. The molecule has 6 nitrogen and oxygen atoms in total. The molecule has 0 aliphatic carbocycles. The summed E-state index contributed by atoms with van der Waals surface area (Å²) in [6.45, 7) is 3.97. The summed E-state index contributed by atoms with van der Waals surface area (Å²) in [7, 11) is 0. The van der Waals surface area contributed by atoms with Crippen molar-refractivity contribution in [2.24, 2.45) is 0 Å². The topological polar surface area (TPSA) is 75.7 Å². The van der Waals surface area contributed by atoms with Gasteiger partial charge in [-0.05, 0) is 55.3 Å². The van der Waals surface area contributed by atoms with Gasteiger partial charge >= 0.3 is 5.97 Å². The number of aryl methyl sites for hydroxylation is 2. The Morgan fingerprint density at radius 3 is 2.30 bits per heavy atom. The molecule has 0 spiro atoms. The molecule has 0 atom stereocenters. The molecule has 0 saturated carbocycles. The smallest absolute Gasteiger partial charge is 0.343 e. The normalized spacial score (nSPS) is 13.5. The van der Waals surface area contributed by atoms with Gasteiger partial charge in [0.25, 0.3) is 11.8 Å². The number of nitrogens with zero attached hydrogens (tertiary/aromatic N) is 1. The second-order valence-corrected chi connectivity index (χ2v) is 8.11. The van der Waals surface area contributed by atoms with Gasteiger partial charge in [0.15, 0.2) is 0 Å². The Bertz CT molecular complexity index is 1270. The van der Waals surface area contributed by atoms with Gasteiger partial charge in [0.1, 0.15) is 16.5 Å². The summed E-state index contributed by atoms with van der Waals surface area (Å²) in [5.74, 6) is -1.06. The Morgan fingerprint density at radius 2 is 1.64 bits per heavy atom. The van der Waals surface area contributed by atoms with Crippen molar-refractivity contribution >= 4 is 35.1 Å². The predicted octanol–water partition coefficient (Wildman–Crippen LogP) is 4.95. The molecule has 0 bridgehead atoms. The van der Waals surface area contributed by atoms with Gasteiger partial charge < -0.3 is 10.1 Å². The van der Waals surface area contributed by atoms with Gasteiger partial charge in [0.2, 0.25) is 0 Å². The standard InChI is InChI=1S/C26H21ClN2O4/c1-16-8-13-21(17(2)14-16)33-26(32)19-9-11-20(12-10-19)28-23-22(27)24(30)29(25(23)31)15-18-6-4-3-5-7-18/h3-14,28H,15H2,1-2H3. The minimum Gasteiger partial charge on any atom is -0.423 e. The maximum Gasteiger partial charge on any atom is 0.343 e. The van der Waals surface area contributed by atoms with Gasteiger partial charge in [-0.25, -0.2) is 4.79 Å². The first-order chi connectivity index (χ1) is 15.8. The number of hydrogen-bond donors (Lipinski definition) is 1. The van der Waals surface area contributed by atoms with E-state index in [1.54, 1.807) is 30.3 Å². The van der Waals surface area contributed by atoms with Crippen molar-refractivity contribution in [1.29, 1.82) is 0 Å². The molecule has 166 valence electrons. The Morgan fingerprint density at radius 1 is 0.939 bits per heavy atom. The maximum atomic E-state index is 12.8. The number of anilines is 1. The summed E-state index contributed by atoms with van der Waals surface area (Å²) in [4.78, 5) is 38.9. The van der Waals surface area contributed by atoms with Gasteiger partial charge in [-0.15, -0.1) is 0 Å². The highest BCUT2D eigenvalue weighted by Crippen LogP contribution is 2.27. The number of imide groups is 1. The Hall–Kier alpha value is -3.90. The molecule has 2 amide bonds. The summed E-state index contributed by atoms with van der Waals surface area (Å²) in [5, 5.41) is 2.73. The molecule has 4 rings (SSSR count). The molecule has 0 aromatic heterocycles. The highest BCUT2D eigenvalue weighted by atomic mass is 35.5. The number of carbonyl (C=O) groups excluding carboxylic acids is 3. The molecule has 0 saturated heterocycles. The Labute approximate surface area is 196 Å². The quantitative estimate of drug-likeness (QED) is 0.320. The molecule has 33 heavy (non-hydrogen) atoms. The van der Waals surface area contributed by atoms with Gasteiger partial charge in [-0.2, -0.15) is 0 Å². The molecule has 1 N–H and O–H groups in total. The molecule has 0 fully saturated rings. The van der Waals surface area contributed by atoms with Crippen LogP contribution in [0.4, 0.5) is 5.69 Å². The van der Waals surface area contributed by atoms with Crippen molar-refractivity contribution in [2.75, 3.05) is 5.32 Å². The average molecular weight is 461 g/mol. The van der Waals surface area contributed by atoms with Crippen LogP contribution in [-0.4, -0.2) is 22.7 Å². The van der Waals surface area contributed by atoms with Crippen molar-refractivity contribution < 1.29 is 19.1 Å². The van der Waals surface area contributed by atoms with E-state index < -0.39 is 17.8 Å². The number of esters is 1. The number of ether oxygens (including phenoxy) is 1. The molecular weight excluding hydrogens is 440 g/mol. The first kappa shape index (κ1) is 22.3. The van der Waals surface area contributed by atoms with Crippen LogP contribution in [0.3, 0.4) is 0 Å². The monoisotopic (exact) mass is 460 g/mol. The molecule has 1 aliphatic heterocycles. The SMILES string of the molecule is Cc1ccc(OC(=O)c2ccc(NC3=C(Cl)C(=O)N(Cc4ccccc4)C3=O)cc2)c(C)c1. The summed E-state index contributed by atoms with van der Waals surface area (Å²) >= 11 is 6.16. The molecular formula is C26H21ClN2O4. The molecule has 3 aromatic rings. The van der Waals surface area contributed by atoms with Crippen LogP contribution >= 0.6 is 11.6 Å². The van der Waals surface area contributed by atoms with Gasteiger partial charge in [0, 0.05) is 5.69 Å². The number of amides is 2. The lowest BCUT2D eigenvalue weighted by atomic mass is 10.1. The van der Waals surface area contributed by atoms with E-state index in [4.69, 9.17) is 16.3 Å². The Balaban J connectivity index is 1.44. The van der Waals surface area contributed by atoms with Crippen LogP contribution in [0.2, 0.25) is 0 Å². The molecule has 3 aromatic carbocycles. The van der Waals surface area contributed by atoms with E-state index in [-0.39, 0.29) is 17.3 Å². The minimum atomic E-state index is -0.554. The van der Waals surface area contributed by atoms with E-state index in [0.29, 0.717) is 17.0 Å². The second kappa shape index (κ2) is 9.30. The van der Waals surface area contributed by atoms with Crippen molar-refractivity contribution in [2.45, 2.75) is 20.4 Å². The van der Waals surface area contributed by atoms with E-state index in [2.05, 4.69) is 5.32 Å². The summed E-state index contributed by atoms with van der Waals surface area (Å²) in [6, 6.07) is 21.1. The third-order valence-corrected chi connectivity index (χ3v) is 5.57. The highest BCUT2D eigenvalue weighted by Gasteiger charge is 2.37. The first-order valence-corrected chi connectivity index (χ1v) is 10.7. The van der Waals surface area contributed by atoms with Crippen LogP contribution in [0.5, 0.6) is 5.75 Å². The lowest BCUT2D eigenvalue weighted by Gasteiger charge is -2.15. The third kappa shape index (κ3) is 4.81. The molecule has 1 heterocycles. The fourth-order valence-electron chi connectivity index (χ4n) is 3.47. The van der Waals surface area contributed by atoms with Crippen molar-refractivity contribution in [3.63, 3.8) is 0 Å². The van der Waals surface area contributed by atoms with Gasteiger partial charge in [-0.1, -0.05) is 59.6 Å².